The quantitative estimate of drug-likeness (QED) is 0.479. The van der Waals surface area contributed by atoms with Gasteiger partial charge in [-0.15, -0.1) is 0 Å². The molecule has 0 N–H and O–H groups in total. The Hall–Kier alpha value is -1.53. The number of nitrogens with zero attached hydrogens (tertiary/aromatic N) is 1. The molecule has 0 aliphatic carbocycles. The maximum absolute atomic E-state index is 13.2. The molecule has 1 unspecified atom stereocenters. The number of benzene rings is 1. The highest BCUT2D eigenvalue weighted by Gasteiger charge is 2.55. The van der Waals surface area contributed by atoms with Crippen molar-refractivity contribution >= 4 is 19.4 Å². The fraction of sp³-hybridized carbons (Fsp3) is 0.556. The van der Waals surface area contributed by atoms with Gasteiger partial charge in [0.15, 0.2) is 5.72 Å². The third kappa shape index (κ3) is 3.49. The third-order valence-corrected chi connectivity index (χ3v) is 6.64. The highest BCUT2D eigenvalue weighted by atomic mass is 31.2. The van der Waals surface area contributed by atoms with E-state index in [1.54, 1.807) is 52.0 Å². The zero-order valence-electron chi connectivity index (χ0n) is 15.9. The normalized spacial score (nSPS) is 16.9. The number of imide groups is 1. The number of ether oxygens (including phenoxy) is 1. The lowest BCUT2D eigenvalue weighted by molar-refractivity contribution is -0.114. The van der Waals surface area contributed by atoms with E-state index in [9.17, 15) is 14.2 Å². The van der Waals surface area contributed by atoms with Crippen molar-refractivity contribution in [3.05, 3.63) is 35.4 Å². The fourth-order valence-corrected chi connectivity index (χ4v) is 5.47. The van der Waals surface area contributed by atoms with Gasteiger partial charge < -0.3 is 13.8 Å². The minimum atomic E-state index is -3.58. The van der Waals surface area contributed by atoms with E-state index in [0.29, 0.717) is 11.1 Å². The Morgan fingerprint density at radius 3 is 1.85 bits per heavy atom. The molecule has 7 nitrogen and oxygen atoms in total. The molecule has 0 aromatic heterocycles. The van der Waals surface area contributed by atoms with E-state index < -0.39 is 25.1 Å². The van der Waals surface area contributed by atoms with Crippen molar-refractivity contribution in [2.24, 2.45) is 5.92 Å². The zero-order valence-corrected chi connectivity index (χ0v) is 16.7. The van der Waals surface area contributed by atoms with Crippen LogP contribution in [0, 0.1) is 5.92 Å². The molecule has 144 valence electrons. The Morgan fingerprint density at radius 1 is 1.04 bits per heavy atom. The topological polar surface area (TPSA) is 82.1 Å². The predicted octanol–water partition coefficient (Wildman–Crippen LogP) is 3.55. The maximum Gasteiger partial charge on any atom is 0.335 e. The molecular weight excluding hydrogens is 357 g/mol. The smallest absolute Gasteiger partial charge is 0.335 e. The van der Waals surface area contributed by atoms with Gasteiger partial charge in [0.25, 0.3) is 11.8 Å². The van der Waals surface area contributed by atoms with Gasteiger partial charge in [0.05, 0.1) is 30.5 Å². The molecule has 1 aromatic carbocycles. The van der Waals surface area contributed by atoms with Crippen LogP contribution in [0.15, 0.2) is 24.3 Å². The van der Waals surface area contributed by atoms with Crippen molar-refractivity contribution in [2.75, 3.05) is 26.5 Å². The summed E-state index contributed by atoms with van der Waals surface area (Å²) in [4.78, 5) is 27.0. The van der Waals surface area contributed by atoms with Crippen LogP contribution in [-0.2, 0) is 18.3 Å². The van der Waals surface area contributed by atoms with Gasteiger partial charge in [-0.2, -0.15) is 0 Å². The van der Waals surface area contributed by atoms with Crippen LogP contribution in [0.1, 0.15) is 48.4 Å². The third-order valence-electron chi connectivity index (χ3n) is 4.50. The highest BCUT2D eigenvalue weighted by molar-refractivity contribution is 7.53. The van der Waals surface area contributed by atoms with Gasteiger partial charge in [-0.3, -0.25) is 14.2 Å². The standard InChI is InChI=1S/C18H26NO6P/c1-6-24-26(22,25-7-2)12-18(23-5,13(3)4)19-16(20)14-10-8-9-11-15(14)17(19)21/h8-11,13H,6-7,12H2,1-5H3. The summed E-state index contributed by atoms with van der Waals surface area (Å²) in [5.41, 5.74) is -0.836. The van der Waals surface area contributed by atoms with Crippen molar-refractivity contribution < 1.29 is 27.9 Å². The van der Waals surface area contributed by atoms with Gasteiger partial charge in [0.1, 0.15) is 0 Å². The van der Waals surface area contributed by atoms with E-state index >= 15 is 0 Å². The van der Waals surface area contributed by atoms with Crippen molar-refractivity contribution in [3.8, 4) is 0 Å². The molecule has 0 bridgehead atoms. The second kappa shape index (κ2) is 8.01. The second-order valence-corrected chi connectivity index (χ2v) is 8.35. The van der Waals surface area contributed by atoms with Crippen LogP contribution in [-0.4, -0.2) is 48.9 Å². The van der Waals surface area contributed by atoms with E-state index in [1.807, 2.05) is 0 Å². The molecular formula is C18H26NO6P. The van der Waals surface area contributed by atoms with E-state index in [4.69, 9.17) is 13.8 Å². The highest BCUT2D eigenvalue weighted by Crippen LogP contribution is 2.54. The number of hydrogen-bond acceptors (Lipinski definition) is 6. The molecule has 0 spiro atoms. The predicted molar refractivity (Wildman–Crippen MR) is 97.2 cm³/mol. The molecule has 1 aliphatic heterocycles. The number of hydrogen-bond donors (Lipinski definition) is 0. The molecule has 1 aromatic rings. The molecule has 8 heteroatoms. The zero-order chi connectivity index (χ0) is 19.5. The molecule has 1 heterocycles. The molecule has 1 aliphatic rings. The van der Waals surface area contributed by atoms with Crippen molar-refractivity contribution in [2.45, 2.75) is 33.4 Å². The van der Waals surface area contributed by atoms with Crippen molar-refractivity contribution in [3.63, 3.8) is 0 Å². The van der Waals surface area contributed by atoms with E-state index in [0.717, 1.165) is 4.90 Å². The van der Waals surface area contributed by atoms with Crippen LogP contribution in [0.4, 0.5) is 0 Å². The Morgan fingerprint density at radius 2 is 1.50 bits per heavy atom. The van der Waals surface area contributed by atoms with Gasteiger partial charge in [-0.25, -0.2) is 4.90 Å². The fourth-order valence-electron chi connectivity index (χ4n) is 3.24. The van der Waals surface area contributed by atoms with Gasteiger partial charge >= 0.3 is 7.60 Å². The van der Waals surface area contributed by atoms with Gasteiger partial charge in [0.2, 0.25) is 0 Å². The summed E-state index contributed by atoms with van der Waals surface area (Å²) in [6.45, 7) is 7.37. The Kier molecular flexibility index (Phi) is 6.40. The first kappa shape index (κ1) is 20.8. The van der Waals surface area contributed by atoms with Crippen LogP contribution in [0.5, 0.6) is 0 Å². The van der Waals surface area contributed by atoms with E-state index in [1.165, 1.54) is 7.11 Å². The largest absolute Gasteiger partial charge is 0.357 e. The first-order chi connectivity index (χ1) is 12.3. The van der Waals surface area contributed by atoms with E-state index in [2.05, 4.69) is 0 Å². The Labute approximate surface area is 154 Å². The number of fused-ring (bicyclic) bond motifs is 1. The second-order valence-electron chi connectivity index (χ2n) is 6.30. The molecule has 0 saturated carbocycles. The Balaban J connectivity index is 2.53. The monoisotopic (exact) mass is 383 g/mol. The molecule has 0 radical (unpaired) electrons. The number of methoxy groups -OCH3 is 1. The molecule has 1 atom stereocenters. The van der Waals surface area contributed by atoms with Gasteiger partial charge in [-0.1, -0.05) is 26.0 Å². The first-order valence-corrected chi connectivity index (χ1v) is 10.4. The van der Waals surface area contributed by atoms with Crippen LogP contribution >= 0.6 is 7.60 Å². The lowest BCUT2D eigenvalue weighted by atomic mass is 9.99. The molecule has 0 fully saturated rings. The number of amides is 2. The molecule has 2 rings (SSSR count). The summed E-state index contributed by atoms with van der Waals surface area (Å²) in [6, 6.07) is 6.59. The molecule has 2 amide bonds. The van der Waals surface area contributed by atoms with Crippen LogP contribution in [0.3, 0.4) is 0 Å². The number of carbonyl (C=O) groups is 2. The summed E-state index contributed by atoms with van der Waals surface area (Å²) in [5, 5.41) is 0. The van der Waals surface area contributed by atoms with Crippen molar-refractivity contribution in [1.82, 2.24) is 4.90 Å². The number of carbonyl (C=O) groups excluding carboxylic acids is 2. The first-order valence-electron chi connectivity index (χ1n) is 8.67. The lowest BCUT2D eigenvalue weighted by Gasteiger charge is -2.43. The van der Waals surface area contributed by atoms with Crippen LogP contribution < -0.4 is 0 Å². The minimum absolute atomic E-state index is 0.178. The lowest BCUT2D eigenvalue weighted by Crippen LogP contribution is -2.59. The summed E-state index contributed by atoms with van der Waals surface area (Å²) in [7, 11) is -2.19. The average Bonchev–Trinajstić information content (AvgIpc) is 2.85. The van der Waals surface area contributed by atoms with Crippen LogP contribution in [0.2, 0.25) is 0 Å². The summed E-state index contributed by atoms with van der Waals surface area (Å²) in [5.74, 6) is -1.29. The minimum Gasteiger partial charge on any atom is -0.357 e. The van der Waals surface area contributed by atoms with E-state index in [-0.39, 0.29) is 25.3 Å². The number of rotatable bonds is 9. The SMILES string of the molecule is CCOP(=O)(CC(OC)(C(C)C)N1C(=O)c2ccccc2C1=O)OCC. The van der Waals surface area contributed by atoms with Gasteiger partial charge in [0, 0.05) is 13.0 Å². The molecule has 0 saturated heterocycles. The summed E-state index contributed by atoms with van der Waals surface area (Å²) < 4.78 is 29.6. The van der Waals surface area contributed by atoms with Gasteiger partial charge in [-0.05, 0) is 26.0 Å². The van der Waals surface area contributed by atoms with Crippen molar-refractivity contribution in [1.29, 1.82) is 0 Å². The summed E-state index contributed by atoms with van der Waals surface area (Å²) in [6.07, 6.45) is -0.235. The van der Waals surface area contributed by atoms with Crippen LogP contribution in [0.25, 0.3) is 0 Å². The summed E-state index contributed by atoms with van der Waals surface area (Å²) >= 11 is 0. The average molecular weight is 383 g/mol. The molecule has 26 heavy (non-hydrogen) atoms. The Bertz CT molecular complexity index is 689. The maximum atomic E-state index is 13.2.